The second-order valence-electron chi connectivity index (χ2n) is 5.90. The van der Waals surface area contributed by atoms with Gasteiger partial charge in [-0.3, -0.25) is 0 Å². The predicted octanol–water partition coefficient (Wildman–Crippen LogP) is 2.41. The molecule has 1 aliphatic carbocycles. The van der Waals surface area contributed by atoms with Crippen molar-refractivity contribution >= 4 is 9.84 Å². The summed E-state index contributed by atoms with van der Waals surface area (Å²) in [6.45, 7) is 2.05. The van der Waals surface area contributed by atoms with E-state index < -0.39 is 26.5 Å². The van der Waals surface area contributed by atoms with Crippen LogP contribution in [0.4, 0.5) is 0 Å². The Morgan fingerprint density at radius 2 is 1.74 bits per heavy atom. The average Bonchev–Trinajstić information content (AvgIpc) is 3.23. The second-order valence-corrected chi connectivity index (χ2v) is 7.97. The van der Waals surface area contributed by atoms with Gasteiger partial charge in [-0.25, -0.2) is 8.42 Å². The molecule has 2 N–H and O–H groups in total. The number of nitrogens with zero attached hydrogens (tertiary/aromatic N) is 1. The van der Waals surface area contributed by atoms with Crippen LogP contribution in [-0.4, -0.2) is 19.2 Å². The number of hydrogen-bond donors (Lipinski definition) is 1. The molecule has 23 heavy (non-hydrogen) atoms. The predicted molar refractivity (Wildman–Crippen MR) is 88.5 cm³/mol. The number of nitrogens with two attached hydrogens (primary N) is 1. The Morgan fingerprint density at radius 3 is 2.26 bits per heavy atom. The van der Waals surface area contributed by atoms with Gasteiger partial charge in [-0.05, 0) is 29.7 Å². The normalized spacial score (nSPS) is 26.5. The number of nitriles is 1. The van der Waals surface area contributed by atoms with Crippen LogP contribution in [0.25, 0.3) is 0 Å². The highest BCUT2D eigenvalue weighted by Crippen LogP contribution is 2.55. The summed E-state index contributed by atoms with van der Waals surface area (Å²) in [5, 5.41) is 8.53. The molecule has 0 amide bonds. The van der Waals surface area contributed by atoms with Gasteiger partial charge in [0.15, 0.2) is 9.84 Å². The van der Waals surface area contributed by atoms with E-state index in [4.69, 9.17) is 5.73 Å². The Balaban J connectivity index is 2.01. The lowest BCUT2D eigenvalue weighted by atomic mass is 10.0. The van der Waals surface area contributed by atoms with Crippen LogP contribution in [0.2, 0.25) is 0 Å². The van der Waals surface area contributed by atoms with E-state index in [9.17, 15) is 13.7 Å². The van der Waals surface area contributed by atoms with Crippen LogP contribution in [0.3, 0.4) is 0 Å². The Kier molecular flexibility index (Phi) is 3.75. The van der Waals surface area contributed by atoms with E-state index >= 15 is 0 Å². The van der Waals surface area contributed by atoms with Crippen molar-refractivity contribution in [1.29, 1.82) is 5.26 Å². The van der Waals surface area contributed by atoms with Gasteiger partial charge < -0.3 is 5.73 Å². The van der Waals surface area contributed by atoms with Crippen molar-refractivity contribution in [2.24, 2.45) is 5.73 Å². The zero-order valence-corrected chi connectivity index (χ0v) is 13.6. The first kappa shape index (κ1) is 15.7. The molecule has 2 aromatic carbocycles. The van der Waals surface area contributed by atoms with E-state index in [2.05, 4.69) is 6.92 Å². The van der Waals surface area contributed by atoms with Crippen molar-refractivity contribution in [3.8, 4) is 6.07 Å². The maximum atomic E-state index is 12.8. The third kappa shape index (κ3) is 2.44. The first-order valence-corrected chi connectivity index (χ1v) is 9.07. The van der Waals surface area contributed by atoms with Crippen molar-refractivity contribution in [3.05, 3.63) is 65.7 Å². The molecule has 118 valence electrons. The molecule has 3 atom stereocenters. The highest BCUT2D eigenvalue weighted by Gasteiger charge is 2.70. The van der Waals surface area contributed by atoms with Crippen LogP contribution in [0.1, 0.15) is 24.0 Å². The summed E-state index contributed by atoms with van der Waals surface area (Å²) >= 11 is 0. The quantitative estimate of drug-likeness (QED) is 0.935. The van der Waals surface area contributed by atoms with Crippen LogP contribution in [0.15, 0.2) is 59.5 Å². The number of aryl methyl sites for hydroxylation is 1. The van der Waals surface area contributed by atoms with Crippen LogP contribution in [0, 0.1) is 11.3 Å². The minimum absolute atomic E-state index is 0.211. The number of hydrogen-bond acceptors (Lipinski definition) is 4. The minimum Gasteiger partial charge on any atom is -0.312 e. The van der Waals surface area contributed by atoms with Crippen molar-refractivity contribution in [1.82, 2.24) is 0 Å². The molecule has 1 fully saturated rings. The zero-order valence-electron chi connectivity index (χ0n) is 12.8. The zero-order chi connectivity index (χ0) is 16.7. The SMILES string of the molecule is CCc1ccc([C@@H]2[C@H](S(=O)(=O)c3ccccc3)[C@]2(N)C#N)cc1. The Bertz CT molecular complexity index is 854. The minimum atomic E-state index is -3.65. The summed E-state index contributed by atoms with van der Waals surface area (Å²) in [6, 6.07) is 17.9. The van der Waals surface area contributed by atoms with Gasteiger partial charge in [-0.15, -0.1) is 0 Å². The highest BCUT2D eigenvalue weighted by molar-refractivity contribution is 7.92. The molecule has 0 bridgehead atoms. The maximum absolute atomic E-state index is 12.8. The molecule has 4 nitrogen and oxygen atoms in total. The van der Waals surface area contributed by atoms with Gasteiger partial charge in [0, 0.05) is 5.92 Å². The Morgan fingerprint density at radius 1 is 1.13 bits per heavy atom. The number of rotatable bonds is 4. The van der Waals surface area contributed by atoms with Crippen molar-refractivity contribution in [2.75, 3.05) is 0 Å². The largest absolute Gasteiger partial charge is 0.312 e. The first-order chi connectivity index (χ1) is 10.9. The molecule has 5 heteroatoms. The summed E-state index contributed by atoms with van der Waals surface area (Å²) in [4.78, 5) is 0.211. The molecular weight excluding hydrogens is 308 g/mol. The number of sulfone groups is 1. The molecule has 3 rings (SSSR count). The fraction of sp³-hybridized carbons (Fsp3) is 0.278. The van der Waals surface area contributed by atoms with E-state index in [1.807, 2.05) is 30.3 Å². The lowest BCUT2D eigenvalue weighted by molar-refractivity contribution is 0.592. The lowest BCUT2D eigenvalue weighted by Gasteiger charge is -2.04. The van der Waals surface area contributed by atoms with Gasteiger partial charge in [0.25, 0.3) is 0 Å². The van der Waals surface area contributed by atoms with Gasteiger partial charge in [0.2, 0.25) is 0 Å². The molecule has 0 aromatic heterocycles. The highest BCUT2D eigenvalue weighted by atomic mass is 32.2. The summed E-state index contributed by atoms with van der Waals surface area (Å²) < 4.78 is 25.7. The molecule has 0 aliphatic heterocycles. The van der Waals surface area contributed by atoms with Gasteiger partial charge in [-0.1, -0.05) is 49.4 Å². The van der Waals surface area contributed by atoms with Crippen LogP contribution in [-0.2, 0) is 16.3 Å². The van der Waals surface area contributed by atoms with E-state index in [0.717, 1.165) is 17.5 Å². The molecule has 2 aromatic rings. The summed E-state index contributed by atoms with van der Waals surface area (Å²) in [6.07, 6.45) is 0.905. The van der Waals surface area contributed by atoms with Gasteiger partial charge in [0.05, 0.1) is 11.0 Å². The molecule has 1 saturated carbocycles. The van der Waals surface area contributed by atoms with E-state index in [-0.39, 0.29) is 4.90 Å². The smallest absolute Gasteiger partial charge is 0.184 e. The Labute approximate surface area is 136 Å². The summed E-state index contributed by atoms with van der Waals surface area (Å²) in [7, 11) is -3.65. The van der Waals surface area contributed by atoms with Gasteiger partial charge >= 0.3 is 0 Å². The van der Waals surface area contributed by atoms with Gasteiger partial charge in [0.1, 0.15) is 10.8 Å². The summed E-state index contributed by atoms with van der Waals surface area (Å²) in [5.74, 6) is -0.497. The van der Waals surface area contributed by atoms with Crippen LogP contribution < -0.4 is 5.73 Å². The molecule has 0 saturated heterocycles. The number of benzene rings is 2. The molecule has 1 aliphatic rings. The van der Waals surface area contributed by atoms with E-state index in [1.165, 1.54) is 0 Å². The maximum Gasteiger partial charge on any atom is 0.184 e. The Hall–Kier alpha value is -2.16. The topological polar surface area (TPSA) is 83.9 Å². The van der Waals surface area contributed by atoms with Crippen molar-refractivity contribution in [3.63, 3.8) is 0 Å². The fourth-order valence-corrected chi connectivity index (χ4v) is 5.32. The lowest BCUT2D eigenvalue weighted by Crippen LogP contribution is -2.29. The average molecular weight is 326 g/mol. The van der Waals surface area contributed by atoms with Gasteiger partial charge in [-0.2, -0.15) is 5.26 Å². The second kappa shape index (κ2) is 5.48. The van der Waals surface area contributed by atoms with E-state index in [0.29, 0.717) is 0 Å². The van der Waals surface area contributed by atoms with E-state index in [1.54, 1.807) is 30.3 Å². The van der Waals surface area contributed by atoms with Crippen molar-refractivity contribution in [2.45, 2.75) is 34.9 Å². The molecule has 0 unspecified atom stereocenters. The van der Waals surface area contributed by atoms with Crippen molar-refractivity contribution < 1.29 is 8.42 Å². The first-order valence-electron chi connectivity index (χ1n) is 7.53. The molecule has 0 spiro atoms. The van der Waals surface area contributed by atoms with Crippen LogP contribution >= 0.6 is 0 Å². The fourth-order valence-electron chi connectivity index (χ4n) is 3.11. The molecule has 0 radical (unpaired) electrons. The van der Waals surface area contributed by atoms with Crippen LogP contribution in [0.5, 0.6) is 0 Å². The molecule has 0 heterocycles. The third-order valence-electron chi connectivity index (χ3n) is 4.53. The molecular formula is C18H18N2O2S. The summed E-state index contributed by atoms with van der Waals surface area (Å²) in [5.41, 5.74) is 6.71. The monoisotopic (exact) mass is 326 g/mol. The standard InChI is InChI=1S/C18H18N2O2S/c1-2-13-8-10-14(11-9-13)16-17(18(16,20)12-19)23(21,22)15-6-4-3-5-7-15/h3-11,16-17H,2,20H2,1H3/t16-,17+,18+/m1/s1. The third-order valence-corrected chi connectivity index (χ3v) is 6.79.